The molecule has 0 bridgehead atoms. The number of nitrogens with two attached hydrogens (primary N) is 1. The van der Waals surface area contributed by atoms with Crippen LogP contribution < -0.4 is 10.5 Å². The molecule has 0 saturated heterocycles. The maximum Gasteiger partial charge on any atom is 0.122 e. The van der Waals surface area contributed by atoms with Gasteiger partial charge in [0.15, 0.2) is 0 Å². The van der Waals surface area contributed by atoms with Crippen molar-refractivity contribution in [3.05, 3.63) is 51.7 Å². The van der Waals surface area contributed by atoms with Gasteiger partial charge in [0.2, 0.25) is 0 Å². The van der Waals surface area contributed by atoms with Crippen molar-refractivity contribution in [2.75, 3.05) is 6.61 Å². The Morgan fingerprint density at radius 2 is 2.16 bits per heavy atom. The van der Waals surface area contributed by atoms with E-state index in [2.05, 4.69) is 42.6 Å². The zero-order chi connectivity index (χ0) is 13.7. The Balaban J connectivity index is 1.98. The van der Waals surface area contributed by atoms with Crippen molar-refractivity contribution in [2.24, 2.45) is 5.73 Å². The average Bonchev–Trinajstić information content (AvgIpc) is 2.84. The summed E-state index contributed by atoms with van der Waals surface area (Å²) in [6.45, 7) is 4.84. The molecule has 2 aromatic rings. The number of hydrogen-bond acceptors (Lipinski definition) is 3. The van der Waals surface area contributed by atoms with Crippen LogP contribution in [0.4, 0.5) is 0 Å². The molecule has 0 radical (unpaired) electrons. The highest BCUT2D eigenvalue weighted by Crippen LogP contribution is 2.22. The maximum atomic E-state index is 5.92. The van der Waals surface area contributed by atoms with Crippen molar-refractivity contribution in [1.82, 2.24) is 0 Å². The monoisotopic (exact) mass is 275 g/mol. The molecular weight excluding hydrogens is 254 g/mol. The molecular formula is C16H21NOS. The maximum absolute atomic E-state index is 5.92. The number of ether oxygens (including phenoxy) is 1. The number of benzene rings is 1. The molecule has 0 fully saturated rings. The van der Waals surface area contributed by atoms with Gasteiger partial charge in [0.1, 0.15) is 5.75 Å². The molecule has 0 spiro atoms. The number of rotatable bonds is 6. The van der Waals surface area contributed by atoms with Crippen molar-refractivity contribution in [2.45, 2.75) is 32.7 Å². The molecule has 2 rings (SSSR count). The molecule has 19 heavy (non-hydrogen) atoms. The van der Waals surface area contributed by atoms with E-state index in [9.17, 15) is 0 Å². The molecule has 1 atom stereocenters. The largest absolute Gasteiger partial charge is 0.493 e. The molecule has 1 unspecified atom stereocenters. The third-order valence-electron chi connectivity index (χ3n) is 2.94. The molecule has 1 aromatic heterocycles. The summed E-state index contributed by atoms with van der Waals surface area (Å²) in [6.07, 6.45) is 1.82. The highest BCUT2D eigenvalue weighted by Gasteiger charge is 2.07. The Hall–Kier alpha value is -1.32. The highest BCUT2D eigenvalue weighted by molar-refractivity contribution is 7.09. The summed E-state index contributed by atoms with van der Waals surface area (Å²) < 4.78 is 5.92. The fourth-order valence-corrected chi connectivity index (χ4v) is 2.76. The summed E-state index contributed by atoms with van der Waals surface area (Å²) in [5.41, 5.74) is 8.36. The Kier molecular flexibility index (Phi) is 5.00. The molecule has 0 aliphatic rings. The molecule has 2 nitrogen and oxygen atoms in total. The third-order valence-corrected chi connectivity index (χ3v) is 3.88. The molecule has 0 aliphatic carbocycles. The van der Waals surface area contributed by atoms with Crippen molar-refractivity contribution in [1.29, 1.82) is 0 Å². The molecule has 2 N–H and O–H groups in total. The van der Waals surface area contributed by atoms with Gasteiger partial charge in [0.25, 0.3) is 0 Å². The van der Waals surface area contributed by atoms with Gasteiger partial charge in [-0.2, -0.15) is 0 Å². The fourth-order valence-electron chi connectivity index (χ4n) is 2.07. The number of aryl methyl sites for hydroxylation is 1. The van der Waals surface area contributed by atoms with E-state index in [0.29, 0.717) is 0 Å². The van der Waals surface area contributed by atoms with Crippen LogP contribution in [-0.4, -0.2) is 12.6 Å². The standard InChI is InChI=1S/C16H21NOS/c1-12-5-6-16(14(10-12)11-13(2)17)18-8-7-15-4-3-9-19-15/h3-6,9-10,13H,7-8,11,17H2,1-2H3. The topological polar surface area (TPSA) is 35.2 Å². The van der Waals surface area contributed by atoms with Gasteiger partial charge in [0.05, 0.1) is 6.61 Å². The lowest BCUT2D eigenvalue weighted by atomic mass is 10.0. The van der Waals surface area contributed by atoms with Crippen LogP contribution in [0.15, 0.2) is 35.7 Å². The van der Waals surface area contributed by atoms with E-state index < -0.39 is 0 Å². The van der Waals surface area contributed by atoms with E-state index in [1.54, 1.807) is 11.3 Å². The van der Waals surface area contributed by atoms with E-state index in [1.165, 1.54) is 16.0 Å². The van der Waals surface area contributed by atoms with E-state index in [4.69, 9.17) is 10.5 Å². The van der Waals surface area contributed by atoms with Crippen LogP contribution in [0.25, 0.3) is 0 Å². The summed E-state index contributed by atoms with van der Waals surface area (Å²) >= 11 is 1.78. The molecule has 0 aliphatic heterocycles. The quantitative estimate of drug-likeness (QED) is 0.874. The summed E-state index contributed by atoms with van der Waals surface area (Å²) in [7, 11) is 0. The van der Waals surface area contributed by atoms with E-state index in [0.717, 1.165) is 25.2 Å². The lowest BCUT2D eigenvalue weighted by Gasteiger charge is -2.13. The van der Waals surface area contributed by atoms with Gasteiger partial charge >= 0.3 is 0 Å². The van der Waals surface area contributed by atoms with Crippen LogP contribution in [0.2, 0.25) is 0 Å². The predicted octanol–water partition coefficient (Wildman–Crippen LogP) is 3.57. The summed E-state index contributed by atoms with van der Waals surface area (Å²) in [5.74, 6) is 0.972. The van der Waals surface area contributed by atoms with E-state index in [1.807, 2.05) is 6.92 Å². The molecule has 1 heterocycles. The Morgan fingerprint density at radius 1 is 1.32 bits per heavy atom. The Labute approximate surface area is 119 Å². The minimum absolute atomic E-state index is 0.154. The molecule has 0 saturated carbocycles. The predicted molar refractivity (Wildman–Crippen MR) is 82.1 cm³/mol. The normalized spacial score (nSPS) is 12.4. The molecule has 3 heteroatoms. The highest BCUT2D eigenvalue weighted by atomic mass is 32.1. The minimum Gasteiger partial charge on any atom is -0.493 e. The summed E-state index contributed by atoms with van der Waals surface area (Å²) in [5, 5.41) is 2.10. The van der Waals surface area contributed by atoms with Crippen LogP contribution in [0.1, 0.15) is 22.9 Å². The molecule has 102 valence electrons. The van der Waals surface area contributed by atoms with Gasteiger partial charge in [-0.3, -0.25) is 0 Å². The van der Waals surface area contributed by atoms with Crippen LogP contribution >= 0.6 is 11.3 Å². The van der Waals surface area contributed by atoms with Crippen molar-refractivity contribution >= 4 is 11.3 Å². The fraction of sp³-hybridized carbons (Fsp3) is 0.375. The zero-order valence-electron chi connectivity index (χ0n) is 11.6. The van der Waals surface area contributed by atoms with Gasteiger partial charge < -0.3 is 10.5 Å². The van der Waals surface area contributed by atoms with Crippen LogP contribution in [-0.2, 0) is 12.8 Å². The summed E-state index contributed by atoms with van der Waals surface area (Å²) in [4.78, 5) is 1.36. The van der Waals surface area contributed by atoms with Gasteiger partial charge in [-0.15, -0.1) is 11.3 Å². The van der Waals surface area contributed by atoms with E-state index >= 15 is 0 Å². The first-order valence-electron chi connectivity index (χ1n) is 6.65. The summed E-state index contributed by atoms with van der Waals surface area (Å²) in [6, 6.07) is 10.7. The van der Waals surface area contributed by atoms with E-state index in [-0.39, 0.29) is 6.04 Å². The molecule has 1 aromatic carbocycles. The molecule has 0 amide bonds. The number of hydrogen-bond donors (Lipinski definition) is 1. The Bertz CT molecular complexity index is 505. The van der Waals surface area contributed by atoms with Gasteiger partial charge in [-0.05, 0) is 43.3 Å². The SMILES string of the molecule is Cc1ccc(OCCc2cccs2)c(CC(C)N)c1. The minimum atomic E-state index is 0.154. The second-order valence-corrected chi connectivity index (χ2v) is 6.00. The van der Waals surface area contributed by atoms with Crippen LogP contribution in [0.3, 0.4) is 0 Å². The smallest absolute Gasteiger partial charge is 0.122 e. The van der Waals surface area contributed by atoms with Crippen molar-refractivity contribution < 1.29 is 4.74 Å². The van der Waals surface area contributed by atoms with Gasteiger partial charge in [0, 0.05) is 17.3 Å². The lowest BCUT2D eigenvalue weighted by molar-refractivity contribution is 0.319. The van der Waals surface area contributed by atoms with Crippen molar-refractivity contribution in [3.63, 3.8) is 0 Å². The van der Waals surface area contributed by atoms with Gasteiger partial charge in [-0.1, -0.05) is 23.8 Å². The zero-order valence-corrected chi connectivity index (χ0v) is 12.4. The second kappa shape index (κ2) is 6.73. The first-order valence-corrected chi connectivity index (χ1v) is 7.53. The van der Waals surface area contributed by atoms with Crippen molar-refractivity contribution in [3.8, 4) is 5.75 Å². The van der Waals surface area contributed by atoms with Crippen LogP contribution in [0, 0.1) is 6.92 Å². The van der Waals surface area contributed by atoms with Gasteiger partial charge in [-0.25, -0.2) is 0 Å². The first-order chi connectivity index (χ1) is 9.15. The third kappa shape index (κ3) is 4.37. The Morgan fingerprint density at radius 3 is 2.84 bits per heavy atom. The second-order valence-electron chi connectivity index (χ2n) is 4.97. The average molecular weight is 275 g/mol. The van der Waals surface area contributed by atoms with Crippen LogP contribution in [0.5, 0.6) is 5.75 Å². The first kappa shape index (κ1) is 14.1. The lowest BCUT2D eigenvalue weighted by Crippen LogP contribution is -2.18. The number of thiophene rings is 1.